The van der Waals surface area contributed by atoms with Gasteiger partial charge >= 0.3 is 0 Å². The molecule has 2 aliphatic rings. The molecule has 0 radical (unpaired) electrons. The van der Waals surface area contributed by atoms with E-state index in [1.54, 1.807) is 29.2 Å². The number of hydrogen-bond donors (Lipinski definition) is 1. The molecule has 1 N–H and O–H groups in total. The van der Waals surface area contributed by atoms with Crippen molar-refractivity contribution in [1.29, 1.82) is 0 Å². The SMILES string of the molecule is COc1cccc([C@@H]2[C@H]([N+](=O)[O-])[C@H](c3ccc(F)cc3)NC23C(=O)N(Cc2ccccc2)c2ccccc23)c1. The number of halogens is 1. The van der Waals surface area contributed by atoms with Gasteiger partial charge in [0.25, 0.3) is 5.91 Å². The number of fused-ring (bicyclic) bond motifs is 2. The number of carbonyl (C=O) groups is 1. The molecule has 6 rings (SSSR count). The molecule has 1 fully saturated rings. The van der Waals surface area contributed by atoms with Crippen LogP contribution in [0.2, 0.25) is 0 Å². The molecule has 2 heterocycles. The summed E-state index contributed by atoms with van der Waals surface area (Å²) in [4.78, 5) is 28.9. The number of ether oxygens (including phenoxy) is 1. The normalized spacial score (nSPS) is 23.7. The Balaban J connectivity index is 1.58. The van der Waals surface area contributed by atoms with Crippen LogP contribution >= 0.6 is 0 Å². The summed E-state index contributed by atoms with van der Waals surface area (Å²) < 4.78 is 19.3. The van der Waals surface area contributed by atoms with Gasteiger partial charge in [-0.3, -0.25) is 20.2 Å². The monoisotopic (exact) mass is 523 g/mol. The molecule has 4 aromatic rings. The fraction of sp³-hybridized carbons (Fsp3) is 0.194. The highest BCUT2D eigenvalue weighted by Gasteiger charge is 2.68. The molecule has 1 amide bonds. The Morgan fingerprint density at radius 1 is 0.949 bits per heavy atom. The zero-order chi connectivity index (χ0) is 27.1. The Morgan fingerprint density at radius 2 is 1.67 bits per heavy atom. The first kappa shape index (κ1) is 24.8. The van der Waals surface area contributed by atoms with Crippen molar-refractivity contribution in [3.8, 4) is 5.75 Å². The number of nitro groups is 1. The quantitative estimate of drug-likeness (QED) is 0.272. The van der Waals surface area contributed by atoms with Crippen LogP contribution in [0.1, 0.15) is 34.2 Å². The third-order valence-electron chi connectivity index (χ3n) is 7.84. The third-order valence-corrected chi connectivity index (χ3v) is 7.84. The molecule has 1 saturated heterocycles. The maximum atomic E-state index is 14.7. The Morgan fingerprint density at radius 3 is 2.38 bits per heavy atom. The first-order valence-electron chi connectivity index (χ1n) is 12.7. The summed E-state index contributed by atoms with van der Waals surface area (Å²) in [6, 6.07) is 27.8. The van der Waals surface area contributed by atoms with Gasteiger partial charge in [0.05, 0.1) is 19.6 Å². The zero-order valence-electron chi connectivity index (χ0n) is 21.2. The highest BCUT2D eigenvalue weighted by molar-refractivity contribution is 6.09. The summed E-state index contributed by atoms with van der Waals surface area (Å²) in [5, 5.41) is 16.3. The minimum atomic E-state index is -1.44. The first-order chi connectivity index (χ1) is 18.9. The number of rotatable bonds is 6. The lowest BCUT2D eigenvalue weighted by Gasteiger charge is -2.31. The number of para-hydroxylation sites is 1. The van der Waals surface area contributed by atoms with Crippen molar-refractivity contribution in [2.24, 2.45) is 0 Å². The molecule has 196 valence electrons. The van der Waals surface area contributed by atoms with E-state index in [-0.39, 0.29) is 10.8 Å². The number of amides is 1. The van der Waals surface area contributed by atoms with Crippen molar-refractivity contribution >= 4 is 11.6 Å². The molecule has 0 bridgehead atoms. The summed E-state index contributed by atoms with van der Waals surface area (Å²) in [5.74, 6) is -1.05. The lowest BCUT2D eigenvalue weighted by atomic mass is 9.74. The molecule has 0 aromatic heterocycles. The van der Waals surface area contributed by atoms with Crippen molar-refractivity contribution in [2.45, 2.75) is 30.1 Å². The summed E-state index contributed by atoms with van der Waals surface area (Å²) in [5.41, 5.74) is 2.03. The lowest BCUT2D eigenvalue weighted by molar-refractivity contribution is -0.527. The Bertz CT molecular complexity index is 1550. The second-order valence-corrected chi connectivity index (χ2v) is 9.91. The molecule has 8 heteroatoms. The van der Waals surface area contributed by atoms with E-state index < -0.39 is 29.4 Å². The molecular weight excluding hydrogens is 497 g/mol. The fourth-order valence-corrected chi connectivity index (χ4v) is 6.19. The number of hydrogen-bond acceptors (Lipinski definition) is 5. The van der Waals surface area contributed by atoms with Crippen LogP contribution in [-0.2, 0) is 16.9 Å². The second kappa shape index (κ2) is 9.63. The van der Waals surface area contributed by atoms with Crippen LogP contribution in [0.4, 0.5) is 10.1 Å². The molecule has 39 heavy (non-hydrogen) atoms. The van der Waals surface area contributed by atoms with E-state index in [0.29, 0.717) is 34.7 Å². The van der Waals surface area contributed by atoms with Crippen LogP contribution in [0.5, 0.6) is 5.75 Å². The standard InChI is InChI=1S/C31H26FN3O4/c1-39-24-11-7-10-22(18-24)27-29(35(37)38)28(21-14-16-23(32)17-15-21)33-31(27)25-12-5-6-13-26(25)34(30(31)36)19-20-8-3-2-4-9-20/h2-18,27-29,33H,19H2,1H3/t27-,28+,29+,31?/m1/s1. The van der Waals surface area contributed by atoms with E-state index in [2.05, 4.69) is 5.32 Å². The summed E-state index contributed by atoms with van der Waals surface area (Å²) in [6.45, 7) is 0.315. The Labute approximate surface area is 225 Å². The number of carbonyl (C=O) groups excluding carboxylic acids is 1. The number of benzene rings is 4. The number of methoxy groups -OCH3 is 1. The topological polar surface area (TPSA) is 84.7 Å². The Hall–Kier alpha value is -4.56. The number of nitrogens with zero attached hydrogens (tertiary/aromatic N) is 2. The van der Waals surface area contributed by atoms with Gasteiger partial charge in [-0.15, -0.1) is 0 Å². The molecule has 1 spiro atoms. The van der Waals surface area contributed by atoms with Crippen LogP contribution in [-0.4, -0.2) is 24.0 Å². The van der Waals surface area contributed by atoms with E-state index in [4.69, 9.17) is 4.74 Å². The highest BCUT2D eigenvalue weighted by Crippen LogP contribution is 2.57. The molecule has 0 aliphatic carbocycles. The largest absolute Gasteiger partial charge is 0.497 e. The van der Waals surface area contributed by atoms with E-state index in [9.17, 15) is 19.3 Å². The second-order valence-electron chi connectivity index (χ2n) is 9.91. The van der Waals surface area contributed by atoms with Crippen molar-refractivity contribution in [3.05, 3.63) is 141 Å². The van der Waals surface area contributed by atoms with E-state index in [1.165, 1.54) is 31.4 Å². The maximum absolute atomic E-state index is 14.7. The third kappa shape index (κ3) is 3.95. The molecule has 4 aromatic carbocycles. The fourth-order valence-electron chi connectivity index (χ4n) is 6.19. The zero-order valence-corrected chi connectivity index (χ0v) is 21.2. The Kier molecular flexibility index (Phi) is 6.12. The smallest absolute Gasteiger partial charge is 0.253 e. The molecule has 2 aliphatic heterocycles. The molecular formula is C31H26FN3O4. The van der Waals surface area contributed by atoms with Gasteiger partial charge in [-0.05, 0) is 47.0 Å². The van der Waals surface area contributed by atoms with Crippen LogP contribution in [0.15, 0.2) is 103 Å². The predicted octanol–water partition coefficient (Wildman–Crippen LogP) is 5.35. The van der Waals surface area contributed by atoms with Gasteiger partial charge in [0.2, 0.25) is 6.04 Å². The van der Waals surface area contributed by atoms with Gasteiger partial charge in [0.1, 0.15) is 23.1 Å². The maximum Gasteiger partial charge on any atom is 0.253 e. The van der Waals surface area contributed by atoms with Crippen LogP contribution in [0.3, 0.4) is 0 Å². The van der Waals surface area contributed by atoms with Crippen molar-refractivity contribution in [1.82, 2.24) is 5.32 Å². The summed E-state index contributed by atoms with van der Waals surface area (Å²) >= 11 is 0. The lowest BCUT2D eigenvalue weighted by Crippen LogP contribution is -2.50. The summed E-state index contributed by atoms with van der Waals surface area (Å²) in [7, 11) is 1.53. The average molecular weight is 524 g/mol. The average Bonchev–Trinajstić information content (AvgIpc) is 3.44. The number of nitrogens with one attached hydrogen (secondary N) is 1. The van der Waals surface area contributed by atoms with E-state index >= 15 is 0 Å². The molecule has 1 unspecified atom stereocenters. The minimum absolute atomic E-state index is 0.267. The van der Waals surface area contributed by atoms with Crippen molar-refractivity contribution in [3.63, 3.8) is 0 Å². The van der Waals surface area contributed by atoms with Gasteiger partial charge in [-0.1, -0.05) is 72.8 Å². The van der Waals surface area contributed by atoms with Gasteiger partial charge in [0, 0.05) is 16.2 Å². The van der Waals surface area contributed by atoms with E-state index in [0.717, 1.165) is 5.56 Å². The van der Waals surface area contributed by atoms with Gasteiger partial charge < -0.3 is 9.64 Å². The predicted molar refractivity (Wildman–Crippen MR) is 145 cm³/mol. The van der Waals surface area contributed by atoms with Crippen molar-refractivity contribution in [2.75, 3.05) is 12.0 Å². The van der Waals surface area contributed by atoms with Crippen LogP contribution < -0.4 is 15.0 Å². The molecule has 7 nitrogen and oxygen atoms in total. The van der Waals surface area contributed by atoms with Crippen LogP contribution in [0.25, 0.3) is 0 Å². The van der Waals surface area contributed by atoms with Gasteiger partial charge in [-0.25, -0.2) is 4.39 Å². The van der Waals surface area contributed by atoms with Crippen LogP contribution in [0, 0.1) is 15.9 Å². The molecule has 4 atom stereocenters. The van der Waals surface area contributed by atoms with E-state index in [1.807, 2.05) is 54.6 Å². The minimum Gasteiger partial charge on any atom is -0.497 e. The van der Waals surface area contributed by atoms with Crippen molar-refractivity contribution < 1.29 is 18.8 Å². The van der Waals surface area contributed by atoms with Gasteiger partial charge in [0.15, 0.2) is 0 Å². The molecule has 0 saturated carbocycles. The first-order valence-corrected chi connectivity index (χ1v) is 12.7. The number of anilines is 1. The summed E-state index contributed by atoms with van der Waals surface area (Å²) in [6.07, 6.45) is 0. The van der Waals surface area contributed by atoms with Gasteiger partial charge in [-0.2, -0.15) is 0 Å². The highest BCUT2D eigenvalue weighted by atomic mass is 19.1.